The van der Waals surface area contributed by atoms with Crippen LogP contribution in [-0.4, -0.2) is 32.6 Å². The topological polar surface area (TPSA) is 72.9 Å². The highest BCUT2D eigenvalue weighted by Gasteiger charge is 2.24. The highest BCUT2D eigenvalue weighted by Crippen LogP contribution is 2.32. The van der Waals surface area contributed by atoms with Gasteiger partial charge in [0.05, 0.1) is 6.33 Å². The minimum Gasteiger partial charge on any atom is -0.368 e. The molecule has 6 heteroatoms. The first kappa shape index (κ1) is 11.9. The number of anilines is 2. The van der Waals surface area contributed by atoms with Gasteiger partial charge in [-0.15, -0.1) is 0 Å². The largest absolute Gasteiger partial charge is 0.368 e. The van der Waals surface area contributed by atoms with Crippen molar-refractivity contribution in [3.05, 3.63) is 6.33 Å². The molecule has 4 rings (SSSR count). The van der Waals surface area contributed by atoms with Gasteiger partial charge in [0.25, 0.3) is 0 Å². The Kier molecular flexibility index (Phi) is 2.75. The zero-order valence-corrected chi connectivity index (χ0v) is 11.6. The van der Waals surface area contributed by atoms with Gasteiger partial charge in [0.1, 0.15) is 0 Å². The van der Waals surface area contributed by atoms with Gasteiger partial charge in [-0.3, -0.25) is 0 Å². The fraction of sp³-hybridized carbons (Fsp3) is 0.643. The Morgan fingerprint density at radius 1 is 1.15 bits per heavy atom. The molecule has 1 aliphatic carbocycles. The van der Waals surface area contributed by atoms with Gasteiger partial charge in [0, 0.05) is 19.6 Å². The highest BCUT2D eigenvalue weighted by molar-refractivity contribution is 5.84. The summed E-state index contributed by atoms with van der Waals surface area (Å²) >= 11 is 0. The summed E-state index contributed by atoms with van der Waals surface area (Å²) < 4.78 is 2.14. The van der Waals surface area contributed by atoms with E-state index in [9.17, 15) is 0 Å². The second kappa shape index (κ2) is 4.61. The van der Waals surface area contributed by atoms with Crippen molar-refractivity contribution in [2.75, 3.05) is 23.7 Å². The molecule has 1 saturated carbocycles. The number of aromatic nitrogens is 4. The normalized spacial score (nSPS) is 19.7. The van der Waals surface area contributed by atoms with Gasteiger partial charge in [0.2, 0.25) is 5.95 Å². The van der Waals surface area contributed by atoms with Gasteiger partial charge in [0.15, 0.2) is 17.0 Å². The SMILES string of the molecule is Nc1nc(N2CCCCC2)c2ncn(CC3CC3)c2n1. The van der Waals surface area contributed by atoms with E-state index >= 15 is 0 Å². The molecule has 0 aromatic carbocycles. The smallest absolute Gasteiger partial charge is 0.224 e. The van der Waals surface area contributed by atoms with Gasteiger partial charge in [-0.1, -0.05) is 0 Å². The van der Waals surface area contributed by atoms with Crippen molar-refractivity contribution in [2.45, 2.75) is 38.6 Å². The Balaban J connectivity index is 1.77. The maximum absolute atomic E-state index is 5.92. The number of hydrogen-bond acceptors (Lipinski definition) is 5. The lowest BCUT2D eigenvalue weighted by Gasteiger charge is -2.27. The molecule has 20 heavy (non-hydrogen) atoms. The van der Waals surface area contributed by atoms with E-state index < -0.39 is 0 Å². The van der Waals surface area contributed by atoms with Gasteiger partial charge in [-0.2, -0.15) is 9.97 Å². The molecular formula is C14H20N6. The number of fused-ring (bicyclic) bond motifs is 1. The van der Waals surface area contributed by atoms with E-state index in [1.807, 2.05) is 6.33 Å². The van der Waals surface area contributed by atoms with Gasteiger partial charge < -0.3 is 15.2 Å². The van der Waals surface area contributed by atoms with Crippen LogP contribution in [0.25, 0.3) is 11.2 Å². The Bertz CT molecular complexity index is 624. The zero-order chi connectivity index (χ0) is 13.5. The molecule has 6 nitrogen and oxygen atoms in total. The number of imidazole rings is 1. The number of piperidine rings is 1. The molecule has 1 aliphatic heterocycles. The summed E-state index contributed by atoms with van der Waals surface area (Å²) in [5.74, 6) is 2.07. The van der Waals surface area contributed by atoms with E-state index in [4.69, 9.17) is 5.73 Å². The van der Waals surface area contributed by atoms with Crippen LogP contribution >= 0.6 is 0 Å². The maximum atomic E-state index is 5.92. The number of nitrogen functional groups attached to an aromatic ring is 1. The summed E-state index contributed by atoms with van der Waals surface area (Å²) in [5.41, 5.74) is 7.71. The van der Waals surface area contributed by atoms with Crippen LogP contribution in [0, 0.1) is 5.92 Å². The molecular weight excluding hydrogens is 252 g/mol. The Hall–Kier alpha value is -1.85. The van der Waals surface area contributed by atoms with Crippen LogP contribution in [0.15, 0.2) is 6.33 Å². The van der Waals surface area contributed by atoms with Crippen LogP contribution in [0.5, 0.6) is 0 Å². The van der Waals surface area contributed by atoms with E-state index in [1.165, 1.54) is 32.1 Å². The van der Waals surface area contributed by atoms with Crippen molar-refractivity contribution in [1.29, 1.82) is 0 Å². The monoisotopic (exact) mass is 272 g/mol. The molecule has 1 saturated heterocycles. The van der Waals surface area contributed by atoms with Gasteiger partial charge in [-0.05, 0) is 38.0 Å². The van der Waals surface area contributed by atoms with Crippen molar-refractivity contribution < 1.29 is 0 Å². The number of hydrogen-bond donors (Lipinski definition) is 1. The predicted octanol–water partition coefficient (Wildman–Crippen LogP) is 1.81. The summed E-state index contributed by atoms with van der Waals surface area (Å²) in [6.45, 7) is 3.09. The number of nitrogens with two attached hydrogens (primary N) is 1. The molecule has 0 atom stereocenters. The molecule has 0 radical (unpaired) electrons. The molecule has 0 bridgehead atoms. The van der Waals surface area contributed by atoms with Gasteiger partial charge >= 0.3 is 0 Å². The molecule has 106 valence electrons. The average molecular weight is 272 g/mol. The Morgan fingerprint density at radius 2 is 1.95 bits per heavy atom. The van der Waals surface area contributed by atoms with Crippen molar-refractivity contribution in [3.8, 4) is 0 Å². The lowest BCUT2D eigenvalue weighted by Crippen LogP contribution is -2.30. The van der Waals surface area contributed by atoms with Crippen LogP contribution in [0.3, 0.4) is 0 Å². The lowest BCUT2D eigenvalue weighted by molar-refractivity contribution is 0.574. The molecule has 2 fully saturated rings. The first-order chi connectivity index (χ1) is 9.81. The average Bonchev–Trinajstić information content (AvgIpc) is 3.20. The molecule has 2 N–H and O–H groups in total. The predicted molar refractivity (Wildman–Crippen MR) is 78.5 cm³/mol. The molecule has 2 aromatic heterocycles. The molecule has 0 spiro atoms. The summed E-state index contributed by atoms with van der Waals surface area (Å²) in [7, 11) is 0. The van der Waals surface area contributed by atoms with Crippen molar-refractivity contribution in [3.63, 3.8) is 0 Å². The van der Waals surface area contributed by atoms with Crippen molar-refractivity contribution in [2.24, 2.45) is 5.92 Å². The van der Waals surface area contributed by atoms with Crippen LogP contribution in [0.2, 0.25) is 0 Å². The first-order valence-corrected chi connectivity index (χ1v) is 7.54. The standard InChI is InChI=1S/C14H20N6/c15-14-17-12(19-6-2-1-3-7-19)11-13(18-14)20(9-16-11)8-10-4-5-10/h9-10H,1-8H2,(H2,15,17,18). The quantitative estimate of drug-likeness (QED) is 0.922. The minimum atomic E-state index is 0.357. The first-order valence-electron chi connectivity index (χ1n) is 7.54. The molecule has 2 aliphatic rings. The van der Waals surface area contributed by atoms with E-state index in [2.05, 4.69) is 24.4 Å². The third-order valence-electron chi connectivity index (χ3n) is 4.27. The van der Waals surface area contributed by atoms with E-state index in [0.29, 0.717) is 5.95 Å². The van der Waals surface area contributed by atoms with E-state index in [0.717, 1.165) is 42.5 Å². The third kappa shape index (κ3) is 2.09. The molecule has 0 amide bonds. The molecule has 3 heterocycles. The lowest BCUT2D eigenvalue weighted by atomic mass is 10.1. The highest BCUT2D eigenvalue weighted by atomic mass is 15.2. The molecule has 0 unspecified atom stereocenters. The fourth-order valence-electron chi connectivity index (χ4n) is 2.98. The number of nitrogens with zero attached hydrogens (tertiary/aromatic N) is 5. The van der Waals surface area contributed by atoms with Crippen LogP contribution < -0.4 is 10.6 Å². The second-order valence-electron chi connectivity index (χ2n) is 5.97. The van der Waals surface area contributed by atoms with Crippen LogP contribution in [0.1, 0.15) is 32.1 Å². The Morgan fingerprint density at radius 3 is 2.70 bits per heavy atom. The summed E-state index contributed by atoms with van der Waals surface area (Å²) in [6.07, 6.45) is 8.27. The zero-order valence-electron chi connectivity index (χ0n) is 11.6. The summed E-state index contributed by atoms with van der Waals surface area (Å²) in [4.78, 5) is 15.7. The van der Waals surface area contributed by atoms with E-state index in [1.54, 1.807) is 0 Å². The maximum Gasteiger partial charge on any atom is 0.224 e. The summed E-state index contributed by atoms with van der Waals surface area (Å²) in [6, 6.07) is 0. The molecule has 2 aromatic rings. The fourth-order valence-corrected chi connectivity index (χ4v) is 2.98. The van der Waals surface area contributed by atoms with Crippen molar-refractivity contribution >= 4 is 22.9 Å². The van der Waals surface area contributed by atoms with Gasteiger partial charge in [-0.25, -0.2) is 4.98 Å². The number of rotatable bonds is 3. The van der Waals surface area contributed by atoms with Crippen molar-refractivity contribution in [1.82, 2.24) is 19.5 Å². The second-order valence-corrected chi connectivity index (χ2v) is 5.97. The van der Waals surface area contributed by atoms with Crippen LogP contribution in [0.4, 0.5) is 11.8 Å². The Labute approximate surface area is 118 Å². The summed E-state index contributed by atoms with van der Waals surface area (Å²) in [5, 5.41) is 0. The van der Waals surface area contributed by atoms with E-state index in [-0.39, 0.29) is 0 Å². The minimum absolute atomic E-state index is 0.357. The third-order valence-corrected chi connectivity index (χ3v) is 4.27. The van der Waals surface area contributed by atoms with Crippen LogP contribution in [-0.2, 0) is 6.54 Å².